The van der Waals surface area contributed by atoms with Gasteiger partial charge in [-0.25, -0.2) is 13.1 Å². The summed E-state index contributed by atoms with van der Waals surface area (Å²) in [6, 6.07) is 3.94. The molecule has 7 nitrogen and oxygen atoms in total. The first kappa shape index (κ1) is 13.5. The number of carbonyl (C=O) groups is 1. The molecule has 0 spiro atoms. The zero-order chi connectivity index (χ0) is 13.9. The largest absolute Gasteiger partial charge is 0.440 e. The Kier molecular flexibility index (Phi) is 3.82. The predicted molar refractivity (Wildman–Crippen MR) is 66.1 cm³/mol. The number of carbonyl (C=O) groups excluding carboxylic acids is 1. The van der Waals surface area contributed by atoms with E-state index in [2.05, 4.69) is 9.82 Å². The second-order valence-electron chi connectivity index (χ2n) is 4.03. The first-order valence-electron chi connectivity index (χ1n) is 5.56. The summed E-state index contributed by atoms with van der Waals surface area (Å²) < 4.78 is 32.9. The number of hydrogen-bond acceptors (Lipinski definition) is 5. The Balaban J connectivity index is 2.06. The van der Waals surface area contributed by atoms with Crippen molar-refractivity contribution in [3.05, 3.63) is 36.4 Å². The molecule has 0 aliphatic heterocycles. The van der Waals surface area contributed by atoms with Crippen molar-refractivity contribution in [2.75, 3.05) is 0 Å². The molecule has 0 aliphatic rings. The van der Waals surface area contributed by atoms with Gasteiger partial charge in [-0.2, -0.15) is 5.10 Å². The highest BCUT2D eigenvalue weighted by Gasteiger charge is 2.21. The molecule has 0 saturated heterocycles. The van der Waals surface area contributed by atoms with Gasteiger partial charge in [-0.3, -0.25) is 9.48 Å². The predicted octanol–water partition coefficient (Wildman–Crippen LogP) is 0.656. The molecular formula is C11H13N3O4S. The molecule has 0 fully saturated rings. The van der Waals surface area contributed by atoms with Gasteiger partial charge in [0.2, 0.25) is 5.09 Å². The van der Waals surface area contributed by atoms with E-state index in [1.54, 1.807) is 30.1 Å². The first-order valence-corrected chi connectivity index (χ1v) is 7.04. The van der Waals surface area contributed by atoms with E-state index in [1.165, 1.54) is 12.1 Å². The lowest BCUT2D eigenvalue weighted by atomic mass is 10.4. The second-order valence-corrected chi connectivity index (χ2v) is 5.67. The maximum atomic E-state index is 11.9. The van der Waals surface area contributed by atoms with Gasteiger partial charge in [-0.15, -0.1) is 0 Å². The molecule has 0 radical (unpaired) electrons. The van der Waals surface area contributed by atoms with E-state index in [1.807, 2.05) is 0 Å². The van der Waals surface area contributed by atoms with E-state index in [0.29, 0.717) is 12.8 Å². The van der Waals surface area contributed by atoms with E-state index in [0.717, 1.165) is 0 Å². The molecular weight excluding hydrogens is 270 g/mol. The van der Waals surface area contributed by atoms with Crippen molar-refractivity contribution in [2.24, 2.45) is 0 Å². The zero-order valence-electron chi connectivity index (χ0n) is 10.2. The third-order valence-electron chi connectivity index (χ3n) is 2.36. The minimum absolute atomic E-state index is 0.0277. The number of aromatic nitrogens is 2. The number of hydrogen-bond donors (Lipinski definition) is 1. The summed E-state index contributed by atoms with van der Waals surface area (Å²) in [6.07, 6.45) is 3.80. The summed E-state index contributed by atoms with van der Waals surface area (Å²) in [6.45, 7) is 2.11. The summed E-state index contributed by atoms with van der Waals surface area (Å²) in [5, 5.41) is 3.71. The lowest BCUT2D eigenvalue weighted by Crippen LogP contribution is -2.35. The van der Waals surface area contributed by atoms with Crippen molar-refractivity contribution in [3.8, 4) is 0 Å². The molecule has 1 N–H and O–H groups in total. The van der Waals surface area contributed by atoms with Gasteiger partial charge in [-0.05, 0) is 25.1 Å². The van der Waals surface area contributed by atoms with Gasteiger partial charge < -0.3 is 4.42 Å². The number of furan rings is 1. The van der Waals surface area contributed by atoms with Crippen molar-refractivity contribution in [1.29, 1.82) is 0 Å². The van der Waals surface area contributed by atoms with Crippen LogP contribution in [-0.4, -0.2) is 30.5 Å². The van der Waals surface area contributed by atoms with E-state index < -0.39 is 10.0 Å². The van der Waals surface area contributed by atoms with Crippen molar-refractivity contribution >= 4 is 16.3 Å². The maximum Gasteiger partial charge on any atom is 0.274 e. The zero-order valence-corrected chi connectivity index (χ0v) is 11.0. The van der Waals surface area contributed by atoms with E-state index in [9.17, 15) is 13.2 Å². The molecule has 19 heavy (non-hydrogen) atoms. The monoisotopic (exact) mass is 283 g/mol. The third kappa shape index (κ3) is 3.30. The van der Waals surface area contributed by atoms with Crippen LogP contribution in [0.3, 0.4) is 0 Å². The Morgan fingerprint density at radius 1 is 1.53 bits per heavy atom. The van der Waals surface area contributed by atoms with Crippen LogP contribution in [0.1, 0.15) is 17.5 Å². The van der Waals surface area contributed by atoms with Crippen LogP contribution < -0.4 is 4.72 Å². The standard InChI is InChI=1S/C11H13N3O4S/c1-9(7-14-6-2-5-12-14)13-19(16,17)11-4-3-10(8-15)18-11/h2-6,8-9,13H,7H2,1H3. The number of rotatable bonds is 6. The van der Waals surface area contributed by atoms with Crippen molar-refractivity contribution < 1.29 is 17.6 Å². The Morgan fingerprint density at radius 3 is 2.89 bits per heavy atom. The maximum absolute atomic E-state index is 11.9. The molecule has 0 bridgehead atoms. The fourth-order valence-electron chi connectivity index (χ4n) is 1.59. The lowest BCUT2D eigenvalue weighted by molar-refractivity contribution is 0.109. The highest BCUT2D eigenvalue weighted by molar-refractivity contribution is 7.89. The van der Waals surface area contributed by atoms with E-state index in [-0.39, 0.29) is 16.9 Å². The van der Waals surface area contributed by atoms with Gasteiger partial charge in [0, 0.05) is 18.4 Å². The second kappa shape index (κ2) is 5.37. The molecule has 102 valence electrons. The summed E-state index contributed by atoms with van der Waals surface area (Å²) in [5.41, 5.74) is 0. The number of nitrogens with one attached hydrogen (secondary N) is 1. The minimum Gasteiger partial charge on any atom is -0.440 e. The number of aldehydes is 1. The smallest absolute Gasteiger partial charge is 0.274 e. The average molecular weight is 283 g/mol. The quantitative estimate of drug-likeness (QED) is 0.786. The van der Waals surface area contributed by atoms with Gasteiger partial charge in [-0.1, -0.05) is 0 Å². The molecule has 2 aromatic heterocycles. The molecule has 2 rings (SSSR count). The molecule has 1 unspecified atom stereocenters. The SMILES string of the molecule is CC(Cn1cccn1)NS(=O)(=O)c1ccc(C=O)o1. The third-order valence-corrected chi connectivity index (χ3v) is 3.82. The molecule has 0 amide bonds. The Labute approximate surface area is 110 Å². The lowest BCUT2D eigenvalue weighted by Gasteiger charge is -2.12. The van der Waals surface area contributed by atoms with Crippen LogP contribution in [0.15, 0.2) is 40.1 Å². The number of sulfonamides is 1. The normalized spacial score (nSPS) is 13.3. The van der Waals surface area contributed by atoms with Gasteiger partial charge in [0.25, 0.3) is 10.0 Å². The van der Waals surface area contributed by atoms with Gasteiger partial charge in [0.1, 0.15) is 0 Å². The van der Waals surface area contributed by atoms with Crippen molar-refractivity contribution in [2.45, 2.75) is 24.6 Å². The van der Waals surface area contributed by atoms with E-state index >= 15 is 0 Å². The van der Waals surface area contributed by atoms with Crippen LogP contribution in [0.25, 0.3) is 0 Å². The molecule has 0 aliphatic carbocycles. The highest BCUT2D eigenvalue weighted by atomic mass is 32.2. The minimum atomic E-state index is -3.77. The van der Waals surface area contributed by atoms with Crippen LogP contribution in [-0.2, 0) is 16.6 Å². The van der Waals surface area contributed by atoms with Gasteiger partial charge >= 0.3 is 0 Å². The molecule has 2 aromatic rings. The first-order chi connectivity index (χ1) is 9.01. The van der Waals surface area contributed by atoms with E-state index in [4.69, 9.17) is 4.42 Å². The summed E-state index contributed by atoms with van der Waals surface area (Å²) >= 11 is 0. The van der Waals surface area contributed by atoms with Crippen LogP contribution in [0.4, 0.5) is 0 Å². The van der Waals surface area contributed by atoms with Crippen molar-refractivity contribution in [3.63, 3.8) is 0 Å². The fraction of sp³-hybridized carbons (Fsp3) is 0.273. The fourth-order valence-corrected chi connectivity index (χ4v) is 2.76. The summed E-state index contributed by atoms with van der Waals surface area (Å²) in [4.78, 5) is 10.5. The Bertz CT molecular complexity index is 645. The average Bonchev–Trinajstić information content (AvgIpc) is 2.97. The Hall–Kier alpha value is -1.93. The van der Waals surface area contributed by atoms with Crippen LogP contribution >= 0.6 is 0 Å². The molecule has 0 aromatic carbocycles. The van der Waals surface area contributed by atoms with Gasteiger partial charge in [0.05, 0.1) is 6.54 Å². The Morgan fingerprint density at radius 2 is 2.32 bits per heavy atom. The van der Waals surface area contributed by atoms with Crippen LogP contribution in [0, 0.1) is 0 Å². The molecule has 8 heteroatoms. The van der Waals surface area contributed by atoms with Crippen LogP contribution in [0.2, 0.25) is 0 Å². The van der Waals surface area contributed by atoms with Crippen molar-refractivity contribution in [1.82, 2.24) is 14.5 Å². The summed E-state index contributed by atoms with van der Waals surface area (Å²) in [5.74, 6) is -0.0277. The van der Waals surface area contributed by atoms with Gasteiger partial charge in [0.15, 0.2) is 12.0 Å². The molecule has 0 saturated carbocycles. The molecule has 2 heterocycles. The topological polar surface area (TPSA) is 94.2 Å². The number of nitrogens with zero attached hydrogens (tertiary/aromatic N) is 2. The highest BCUT2D eigenvalue weighted by Crippen LogP contribution is 2.13. The van der Waals surface area contributed by atoms with Crippen LogP contribution in [0.5, 0.6) is 0 Å². The molecule has 1 atom stereocenters. The summed E-state index contributed by atoms with van der Waals surface area (Å²) in [7, 11) is -3.77.